The van der Waals surface area contributed by atoms with Gasteiger partial charge in [0.25, 0.3) is 5.91 Å². The van der Waals surface area contributed by atoms with Crippen LogP contribution in [-0.4, -0.2) is 34.7 Å². The predicted molar refractivity (Wildman–Crippen MR) is 107 cm³/mol. The fraction of sp³-hybridized carbons (Fsp3) is 0.455. The first kappa shape index (κ1) is 18.0. The third-order valence-corrected chi connectivity index (χ3v) is 5.56. The van der Waals surface area contributed by atoms with Crippen molar-refractivity contribution < 1.29 is 9.53 Å². The smallest absolute Gasteiger partial charge is 0.262 e. The number of amides is 1. The lowest BCUT2D eigenvalue weighted by Crippen LogP contribution is -2.39. The van der Waals surface area contributed by atoms with Crippen LogP contribution in [0.25, 0.3) is 0 Å². The van der Waals surface area contributed by atoms with Crippen LogP contribution in [0.5, 0.6) is 0 Å². The van der Waals surface area contributed by atoms with Gasteiger partial charge in [0, 0.05) is 18.4 Å². The van der Waals surface area contributed by atoms with Gasteiger partial charge in [-0.3, -0.25) is 4.79 Å². The van der Waals surface area contributed by atoms with Crippen LogP contribution in [0.1, 0.15) is 50.0 Å². The zero-order valence-electron chi connectivity index (χ0n) is 16.5. The topological polar surface area (TPSA) is 54.5 Å². The van der Waals surface area contributed by atoms with E-state index in [1.54, 1.807) is 6.20 Å². The number of benzene rings is 1. The largest absolute Gasteiger partial charge is 0.367 e. The first-order chi connectivity index (χ1) is 12.8. The first-order valence-electron chi connectivity index (χ1n) is 9.58. The summed E-state index contributed by atoms with van der Waals surface area (Å²) in [5.41, 5.74) is 2.30. The van der Waals surface area contributed by atoms with Crippen LogP contribution in [0, 0.1) is 0 Å². The van der Waals surface area contributed by atoms with Gasteiger partial charge in [-0.25, -0.2) is 4.98 Å². The van der Waals surface area contributed by atoms with E-state index < -0.39 is 0 Å². The number of carbonyl (C=O) groups excluding carboxylic acids is 1. The van der Waals surface area contributed by atoms with E-state index in [1.807, 2.05) is 35.2 Å². The highest BCUT2D eigenvalue weighted by molar-refractivity contribution is 6.10. The standard InChI is InChI=1S/C22H27N3O2/c1-21(2)14-18(22(3,4)27-21)24-19-16(9-7-12-23-19)20(26)25-13-11-15-8-5-6-10-17(15)25/h5-10,12,18H,11,13-14H2,1-4H3,(H,23,24). The number of fused-ring (bicyclic) bond motifs is 1. The number of para-hydroxylation sites is 1. The van der Waals surface area contributed by atoms with E-state index >= 15 is 0 Å². The van der Waals surface area contributed by atoms with Crippen molar-refractivity contribution in [2.75, 3.05) is 16.8 Å². The molecule has 2 aliphatic heterocycles. The lowest BCUT2D eigenvalue weighted by Gasteiger charge is -2.28. The zero-order chi connectivity index (χ0) is 19.2. The Hall–Kier alpha value is -2.40. The molecule has 1 aromatic heterocycles. The molecular formula is C22H27N3O2. The van der Waals surface area contributed by atoms with Crippen LogP contribution in [0.3, 0.4) is 0 Å². The van der Waals surface area contributed by atoms with E-state index in [2.05, 4.69) is 44.1 Å². The van der Waals surface area contributed by atoms with Crippen molar-refractivity contribution in [2.24, 2.45) is 0 Å². The summed E-state index contributed by atoms with van der Waals surface area (Å²) in [4.78, 5) is 19.7. The molecule has 0 aliphatic carbocycles. The summed E-state index contributed by atoms with van der Waals surface area (Å²) >= 11 is 0. The Labute approximate surface area is 160 Å². The summed E-state index contributed by atoms with van der Waals surface area (Å²) < 4.78 is 6.18. The number of aromatic nitrogens is 1. The highest BCUT2D eigenvalue weighted by atomic mass is 16.5. The molecule has 2 aliphatic rings. The van der Waals surface area contributed by atoms with E-state index in [0.29, 0.717) is 17.9 Å². The minimum Gasteiger partial charge on any atom is -0.367 e. The maximum Gasteiger partial charge on any atom is 0.262 e. The van der Waals surface area contributed by atoms with E-state index in [0.717, 1.165) is 18.5 Å². The third-order valence-electron chi connectivity index (χ3n) is 5.56. The van der Waals surface area contributed by atoms with Gasteiger partial charge in [-0.1, -0.05) is 18.2 Å². The zero-order valence-corrected chi connectivity index (χ0v) is 16.5. The highest BCUT2D eigenvalue weighted by Crippen LogP contribution is 2.39. The molecule has 1 unspecified atom stereocenters. The molecule has 1 amide bonds. The molecule has 1 aromatic carbocycles. The Morgan fingerprint density at radius 3 is 2.70 bits per heavy atom. The van der Waals surface area contributed by atoms with E-state index in [-0.39, 0.29) is 23.2 Å². The molecule has 2 aromatic rings. The Bertz CT molecular complexity index is 875. The van der Waals surface area contributed by atoms with E-state index in [4.69, 9.17) is 4.74 Å². The minimum absolute atomic E-state index is 0.00784. The molecule has 27 heavy (non-hydrogen) atoms. The van der Waals surface area contributed by atoms with Crippen LogP contribution in [-0.2, 0) is 11.2 Å². The van der Waals surface area contributed by atoms with Crippen molar-refractivity contribution in [3.05, 3.63) is 53.7 Å². The predicted octanol–water partition coefficient (Wildman–Crippen LogP) is 4.04. The molecule has 1 saturated heterocycles. The van der Waals surface area contributed by atoms with Crippen LogP contribution in [0.4, 0.5) is 11.5 Å². The number of carbonyl (C=O) groups is 1. The monoisotopic (exact) mass is 365 g/mol. The normalized spacial score (nSPS) is 22.5. The average Bonchev–Trinajstić information content (AvgIpc) is 3.12. The van der Waals surface area contributed by atoms with Gasteiger partial charge in [0.05, 0.1) is 22.8 Å². The molecule has 0 bridgehead atoms. The van der Waals surface area contributed by atoms with Crippen molar-refractivity contribution in [3.63, 3.8) is 0 Å². The molecule has 0 saturated carbocycles. The number of hydrogen-bond acceptors (Lipinski definition) is 4. The average molecular weight is 365 g/mol. The molecule has 3 heterocycles. The maximum atomic E-state index is 13.3. The second kappa shape index (κ2) is 6.34. The van der Waals surface area contributed by atoms with Gasteiger partial charge >= 0.3 is 0 Å². The van der Waals surface area contributed by atoms with Crippen molar-refractivity contribution in [2.45, 2.75) is 57.8 Å². The van der Waals surface area contributed by atoms with Gasteiger partial charge < -0.3 is 15.0 Å². The van der Waals surface area contributed by atoms with Crippen LogP contribution in [0.15, 0.2) is 42.6 Å². The maximum absolute atomic E-state index is 13.3. The summed E-state index contributed by atoms with van der Waals surface area (Å²) in [6, 6.07) is 11.9. The molecule has 5 heteroatoms. The number of anilines is 2. The fourth-order valence-electron chi connectivity index (χ4n) is 4.34. The SMILES string of the molecule is CC1(C)CC(Nc2ncccc2C(=O)N2CCc3ccccc32)C(C)(C)O1. The van der Waals surface area contributed by atoms with Crippen LogP contribution < -0.4 is 10.2 Å². The number of hydrogen-bond donors (Lipinski definition) is 1. The Morgan fingerprint density at radius 1 is 1.19 bits per heavy atom. The highest BCUT2D eigenvalue weighted by Gasteiger charge is 2.46. The van der Waals surface area contributed by atoms with E-state index in [9.17, 15) is 4.79 Å². The van der Waals surface area contributed by atoms with Gasteiger partial charge in [0.1, 0.15) is 5.82 Å². The van der Waals surface area contributed by atoms with Crippen LogP contribution in [0.2, 0.25) is 0 Å². The molecule has 5 nitrogen and oxygen atoms in total. The van der Waals surface area contributed by atoms with Crippen molar-refractivity contribution in [1.82, 2.24) is 4.98 Å². The Kier molecular flexibility index (Phi) is 4.22. The minimum atomic E-state index is -0.332. The number of nitrogens with one attached hydrogen (secondary N) is 1. The van der Waals surface area contributed by atoms with Gasteiger partial charge in [-0.2, -0.15) is 0 Å². The lowest BCUT2D eigenvalue weighted by atomic mass is 9.94. The second-order valence-electron chi connectivity index (χ2n) is 8.60. The molecule has 0 radical (unpaired) electrons. The van der Waals surface area contributed by atoms with Gasteiger partial charge in [-0.05, 0) is 64.3 Å². The lowest BCUT2D eigenvalue weighted by molar-refractivity contribution is -0.0662. The number of ether oxygens (including phenoxy) is 1. The van der Waals surface area contributed by atoms with Gasteiger partial charge in [0.15, 0.2) is 0 Å². The van der Waals surface area contributed by atoms with Gasteiger partial charge in [0.2, 0.25) is 0 Å². The number of pyridine rings is 1. The third kappa shape index (κ3) is 3.32. The molecule has 0 spiro atoms. The number of rotatable bonds is 3. The van der Waals surface area contributed by atoms with Crippen molar-refractivity contribution >= 4 is 17.4 Å². The molecule has 1 fully saturated rings. The molecular weight excluding hydrogens is 338 g/mol. The molecule has 142 valence electrons. The molecule has 1 atom stereocenters. The second-order valence-corrected chi connectivity index (χ2v) is 8.60. The summed E-state index contributed by atoms with van der Waals surface area (Å²) in [6.07, 6.45) is 3.48. The summed E-state index contributed by atoms with van der Waals surface area (Å²) in [7, 11) is 0. The van der Waals surface area contributed by atoms with E-state index in [1.165, 1.54) is 5.56 Å². The van der Waals surface area contributed by atoms with Crippen LogP contribution >= 0.6 is 0 Å². The van der Waals surface area contributed by atoms with Crippen molar-refractivity contribution in [3.8, 4) is 0 Å². The summed E-state index contributed by atoms with van der Waals surface area (Å²) in [5, 5.41) is 3.50. The number of nitrogens with zero attached hydrogens (tertiary/aromatic N) is 2. The summed E-state index contributed by atoms with van der Waals surface area (Å²) in [6.45, 7) is 9.07. The molecule has 4 rings (SSSR count). The Balaban J connectivity index is 1.62. The fourth-order valence-corrected chi connectivity index (χ4v) is 4.34. The quantitative estimate of drug-likeness (QED) is 0.892. The van der Waals surface area contributed by atoms with Crippen molar-refractivity contribution in [1.29, 1.82) is 0 Å². The van der Waals surface area contributed by atoms with Gasteiger partial charge in [-0.15, -0.1) is 0 Å². The first-order valence-corrected chi connectivity index (χ1v) is 9.58. The molecule has 1 N–H and O–H groups in total. The summed E-state index contributed by atoms with van der Waals surface area (Å²) in [5.74, 6) is 0.623. The Morgan fingerprint density at radius 2 is 1.96 bits per heavy atom.